The molecule has 1 heterocycles. The second-order valence-corrected chi connectivity index (χ2v) is 1.95. The molecule has 1 fully saturated rings. The quantitative estimate of drug-likeness (QED) is 0.366. The molecule has 1 rings (SSSR count). The fourth-order valence-electron chi connectivity index (χ4n) is 0.532. The summed E-state index contributed by atoms with van der Waals surface area (Å²) in [6, 6.07) is 0. The highest BCUT2D eigenvalue weighted by Gasteiger charge is 2.22. The number of aliphatic hydroxyl groups is 2. The van der Waals surface area contributed by atoms with E-state index in [0.29, 0.717) is 0 Å². The highest BCUT2D eigenvalue weighted by molar-refractivity contribution is 5.53. The van der Waals surface area contributed by atoms with Gasteiger partial charge in [0.25, 0.3) is 0 Å². The molecule has 6 heteroatoms. The molecule has 1 saturated heterocycles. The number of carboxylic acid groups (broad SMARTS) is 2. The van der Waals surface area contributed by atoms with E-state index >= 15 is 0 Å². The lowest BCUT2D eigenvalue weighted by molar-refractivity contribution is 0.0572. The van der Waals surface area contributed by atoms with E-state index in [1.807, 2.05) is 0 Å². The average Bonchev–Trinajstić information content (AvgIpc) is 2.15. The van der Waals surface area contributed by atoms with Crippen LogP contribution in [0.3, 0.4) is 0 Å². The fourth-order valence-corrected chi connectivity index (χ4v) is 0.532. The Labute approximate surface area is 62.7 Å². The third-order valence-corrected chi connectivity index (χ3v) is 1.02. The van der Waals surface area contributed by atoms with E-state index in [4.69, 9.17) is 25.2 Å². The third-order valence-electron chi connectivity index (χ3n) is 1.02. The summed E-state index contributed by atoms with van der Waals surface area (Å²) in [7, 11) is 0. The van der Waals surface area contributed by atoms with Crippen LogP contribution >= 0.6 is 0 Å². The molecule has 0 saturated carbocycles. The lowest BCUT2D eigenvalue weighted by atomic mass is 10.3. The largest absolute Gasteiger partial charge is 0.503 e. The van der Waals surface area contributed by atoms with E-state index in [2.05, 4.69) is 4.74 Å². The van der Waals surface area contributed by atoms with Gasteiger partial charge in [-0.1, -0.05) is 0 Å². The van der Waals surface area contributed by atoms with E-state index in [-0.39, 0.29) is 13.2 Å². The number of carbonyl (C=O) groups is 1. The highest BCUT2D eigenvalue weighted by atomic mass is 16.6. The van der Waals surface area contributed by atoms with Crippen molar-refractivity contribution in [2.24, 2.45) is 0 Å². The van der Waals surface area contributed by atoms with Crippen molar-refractivity contribution >= 4 is 6.16 Å². The standard InChI is InChI=1S/C4H8O3.CH2O3/c5-3-1-7-2-4(3)6;2-1(3)4/h3-6H,1-2H2;(H2,2,3,4)/t3-,4+;. The first kappa shape index (κ1) is 10.2. The SMILES string of the molecule is O=C(O)O.O[C@@H]1COC[C@@H]1O. The van der Waals surface area contributed by atoms with E-state index in [1.54, 1.807) is 0 Å². The summed E-state index contributed by atoms with van der Waals surface area (Å²) in [6.45, 7) is 0.558. The molecule has 1 aliphatic heterocycles. The molecular weight excluding hydrogens is 156 g/mol. The first-order chi connectivity index (χ1) is 5.04. The lowest BCUT2D eigenvalue weighted by Crippen LogP contribution is -2.22. The van der Waals surface area contributed by atoms with Gasteiger partial charge in [-0.05, 0) is 0 Å². The van der Waals surface area contributed by atoms with Gasteiger partial charge in [-0.15, -0.1) is 0 Å². The van der Waals surface area contributed by atoms with Crippen LogP contribution in [0.2, 0.25) is 0 Å². The van der Waals surface area contributed by atoms with Gasteiger partial charge in [0.2, 0.25) is 0 Å². The molecule has 0 aliphatic carbocycles. The summed E-state index contributed by atoms with van der Waals surface area (Å²) in [5.74, 6) is 0. The number of aliphatic hydroxyl groups excluding tert-OH is 2. The maximum Gasteiger partial charge on any atom is 0.503 e. The van der Waals surface area contributed by atoms with Crippen LogP contribution in [0.15, 0.2) is 0 Å². The van der Waals surface area contributed by atoms with Gasteiger partial charge in [-0.3, -0.25) is 0 Å². The zero-order chi connectivity index (χ0) is 8.85. The number of hydrogen-bond donors (Lipinski definition) is 4. The molecule has 0 spiro atoms. The van der Waals surface area contributed by atoms with Crippen LogP contribution in [0.4, 0.5) is 4.79 Å². The maximum atomic E-state index is 8.62. The summed E-state index contributed by atoms with van der Waals surface area (Å²) in [4.78, 5) is 8.56. The Kier molecular flexibility index (Phi) is 4.51. The molecule has 66 valence electrons. The lowest BCUT2D eigenvalue weighted by Gasteiger charge is -2.00. The van der Waals surface area contributed by atoms with E-state index in [1.165, 1.54) is 0 Å². The van der Waals surface area contributed by atoms with Crippen molar-refractivity contribution in [2.75, 3.05) is 13.2 Å². The average molecular weight is 166 g/mol. The summed E-state index contributed by atoms with van der Waals surface area (Å²) >= 11 is 0. The van der Waals surface area contributed by atoms with Crippen molar-refractivity contribution in [1.29, 1.82) is 0 Å². The van der Waals surface area contributed by atoms with Crippen LogP contribution < -0.4 is 0 Å². The molecule has 4 N–H and O–H groups in total. The predicted molar refractivity (Wildman–Crippen MR) is 33.5 cm³/mol. The molecule has 6 nitrogen and oxygen atoms in total. The van der Waals surface area contributed by atoms with Crippen LogP contribution in [0.25, 0.3) is 0 Å². The molecule has 0 aromatic heterocycles. The minimum Gasteiger partial charge on any atom is -0.450 e. The fraction of sp³-hybridized carbons (Fsp3) is 0.800. The number of ether oxygens (including phenoxy) is 1. The summed E-state index contributed by atoms with van der Waals surface area (Å²) in [6.07, 6.45) is -3.14. The van der Waals surface area contributed by atoms with Crippen molar-refractivity contribution in [3.05, 3.63) is 0 Å². The Bertz CT molecular complexity index is 112. The van der Waals surface area contributed by atoms with Crippen molar-refractivity contribution < 1.29 is 30.0 Å². The number of rotatable bonds is 0. The monoisotopic (exact) mass is 166 g/mol. The van der Waals surface area contributed by atoms with E-state index in [9.17, 15) is 0 Å². The highest BCUT2D eigenvalue weighted by Crippen LogP contribution is 2.02. The minimum atomic E-state index is -1.83. The van der Waals surface area contributed by atoms with Crippen LogP contribution in [-0.2, 0) is 4.74 Å². The van der Waals surface area contributed by atoms with E-state index in [0.717, 1.165) is 0 Å². The topological polar surface area (TPSA) is 107 Å². The zero-order valence-electron chi connectivity index (χ0n) is 5.67. The van der Waals surface area contributed by atoms with Crippen LogP contribution in [0, 0.1) is 0 Å². The van der Waals surface area contributed by atoms with E-state index < -0.39 is 18.4 Å². The minimum absolute atomic E-state index is 0.279. The van der Waals surface area contributed by atoms with Crippen molar-refractivity contribution in [3.63, 3.8) is 0 Å². The van der Waals surface area contributed by atoms with Gasteiger partial charge in [-0.25, -0.2) is 4.79 Å². The van der Waals surface area contributed by atoms with Gasteiger partial charge in [0, 0.05) is 0 Å². The summed E-state index contributed by atoms with van der Waals surface area (Å²) in [5.41, 5.74) is 0. The van der Waals surface area contributed by atoms with Crippen LogP contribution in [-0.4, -0.2) is 52.0 Å². The summed E-state index contributed by atoms with van der Waals surface area (Å²) in [5, 5.41) is 31.2. The zero-order valence-corrected chi connectivity index (χ0v) is 5.67. The van der Waals surface area contributed by atoms with Gasteiger partial charge in [0.1, 0.15) is 12.2 Å². The first-order valence-electron chi connectivity index (χ1n) is 2.89. The maximum absolute atomic E-state index is 8.62. The Hall–Kier alpha value is -0.850. The Morgan fingerprint density at radius 3 is 1.55 bits per heavy atom. The molecule has 1 aliphatic rings. The van der Waals surface area contributed by atoms with Crippen molar-refractivity contribution in [2.45, 2.75) is 12.2 Å². The molecule has 11 heavy (non-hydrogen) atoms. The van der Waals surface area contributed by atoms with Crippen molar-refractivity contribution in [1.82, 2.24) is 0 Å². The molecular formula is C5H10O6. The Morgan fingerprint density at radius 1 is 1.18 bits per heavy atom. The molecule has 0 aromatic rings. The smallest absolute Gasteiger partial charge is 0.450 e. The predicted octanol–water partition coefficient (Wildman–Crippen LogP) is -1.04. The van der Waals surface area contributed by atoms with Crippen LogP contribution in [0.1, 0.15) is 0 Å². The normalized spacial score (nSPS) is 28.9. The molecule has 0 aromatic carbocycles. The third kappa shape index (κ3) is 5.59. The number of hydrogen-bond acceptors (Lipinski definition) is 4. The van der Waals surface area contributed by atoms with Gasteiger partial charge in [0.15, 0.2) is 0 Å². The van der Waals surface area contributed by atoms with Gasteiger partial charge >= 0.3 is 6.16 Å². The molecule has 0 unspecified atom stereocenters. The Morgan fingerprint density at radius 2 is 1.45 bits per heavy atom. The Balaban J connectivity index is 0.000000218. The first-order valence-corrected chi connectivity index (χ1v) is 2.89. The summed E-state index contributed by atoms with van der Waals surface area (Å²) < 4.78 is 4.67. The molecule has 0 amide bonds. The van der Waals surface area contributed by atoms with Gasteiger partial charge < -0.3 is 25.2 Å². The second-order valence-electron chi connectivity index (χ2n) is 1.95. The second kappa shape index (κ2) is 4.89. The molecule has 2 atom stereocenters. The van der Waals surface area contributed by atoms with Gasteiger partial charge in [-0.2, -0.15) is 0 Å². The molecule has 0 bridgehead atoms. The molecule has 0 radical (unpaired) electrons. The van der Waals surface area contributed by atoms with Gasteiger partial charge in [0.05, 0.1) is 13.2 Å². The van der Waals surface area contributed by atoms with Crippen molar-refractivity contribution in [3.8, 4) is 0 Å². The van der Waals surface area contributed by atoms with Crippen LogP contribution in [0.5, 0.6) is 0 Å².